The zero-order valence-electron chi connectivity index (χ0n) is 17.4. The highest BCUT2D eigenvalue weighted by Gasteiger charge is 2.24. The maximum atomic E-state index is 11.2. The Morgan fingerprint density at radius 1 is 0.906 bits per heavy atom. The number of nitro groups is 2. The summed E-state index contributed by atoms with van der Waals surface area (Å²) in [6.45, 7) is 0.636. The van der Waals surface area contributed by atoms with Crippen molar-refractivity contribution in [2.45, 2.75) is 55.5 Å². The summed E-state index contributed by atoms with van der Waals surface area (Å²) in [5.41, 5.74) is 1.06. The van der Waals surface area contributed by atoms with Crippen LogP contribution >= 0.6 is 11.8 Å². The molecule has 0 spiro atoms. The Kier molecular flexibility index (Phi) is 6.79. The highest BCUT2D eigenvalue weighted by Crippen LogP contribution is 2.35. The summed E-state index contributed by atoms with van der Waals surface area (Å²) in [5.74, 6) is 1.66. The van der Waals surface area contributed by atoms with Crippen molar-refractivity contribution in [2.75, 3.05) is 0 Å². The largest absolute Gasteiger partial charge is 0.301 e. The van der Waals surface area contributed by atoms with Gasteiger partial charge in [0, 0.05) is 23.8 Å². The van der Waals surface area contributed by atoms with E-state index < -0.39 is 9.85 Å². The number of non-ortho nitro benzene ring substituents is 2. The third kappa shape index (κ3) is 5.13. The van der Waals surface area contributed by atoms with Crippen molar-refractivity contribution in [1.82, 2.24) is 14.8 Å². The number of nitro benzene ring substituents is 2. The fraction of sp³-hybridized carbons (Fsp3) is 0.364. The first-order valence-corrected chi connectivity index (χ1v) is 11.5. The Hall–Kier alpha value is -3.27. The van der Waals surface area contributed by atoms with Crippen LogP contribution in [0.25, 0.3) is 0 Å². The minimum absolute atomic E-state index is 0.288. The Morgan fingerprint density at radius 2 is 1.56 bits per heavy atom. The van der Waals surface area contributed by atoms with Gasteiger partial charge in [-0.15, -0.1) is 10.2 Å². The third-order valence-corrected chi connectivity index (χ3v) is 6.69. The molecule has 1 aromatic heterocycles. The van der Waals surface area contributed by atoms with Crippen LogP contribution in [0.1, 0.15) is 55.0 Å². The first-order chi connectivity index (χ1) is 15.5. The van der Waals surface area contributed by atoms with Crippen LogP contribution in [0.2, 0.25) is 0 Å². The van der Waals surface area contributed by atoms with E-state index >= 15 is 0 Å². The van der Waals surface area contributed by atoms with E-state index in [9.17, 15) is 20.2 Å². The molecule has 1 heterocycles. The van der Waals surface area contributed by atoms with E-state index in [0.717, 1.165) is 30.3 Å². The second kappa shape index (κ2) is 9.90. The summed E-state index contributed by atoms with van der Waals surface area (Å²) in [5, 5.41) is 32.0. The molecular formula is C22H23N5O4S. The average Bonchev–Trinajstić information content (AvgIpc) is 3.21. The van der Waals surface area contributed by atoms with Crippen molar-refractivity contribution in [1.29, 1.82) is 0 Å². The van der Waals surface area contributed by atoms with E-state index in [-0.39, 0.29) is 11.4 Å². The molecule has 166 valence electrons. The van der Waals surface area contributed by atoms with Gasteiger partial charge in [0.1, 0.15) is 5.82 Å². The molecule has 0 radical (unpaired) electrons. The zero-order chi connectivity index (χ0) is 22.5. The lowest BCUT2D eigenvalue weighted by Crippen LogP contribution is -2.13. The lowest BCUT2D eigenvalue weighted by atomic mass is 9.88. The summed E-state index contributed by atoms with van der Waals surface area (Å²) in [6, 6.07) is 13.8. The molecule has 1 fully saturated rings. The van der Waals surface area contributed by atoms with Crippen LogP contribution in [0.3, 0.4) is 0 Å². The molecule has 1 saturated carbocycles. The van der Waals surface area contributed by atoms with Gasteiger partial charge in [0.05, 0.1) is 22.5 Å². The maximum absolute atomic E-state index is 11.2. The van der Waals surface area contributed by atoms with Gasteiger partial charge in [0.15, 0.2) is 5.16 Å². The molecule has 9 nitrogen and oxygen atoms in total. The number of thioether (sulfide) groups is 1. The molecule has 32 heavy (non-hydrogen) atoms. The van der Waals surface area contributed by atoms with Gasteiger partial charge >= 0.3 is 0 Å². The second-order valence-electron chi connectivity index (χ2n) is 7.91. The van der Waals surface area contributed by atoms with Gasteiger partial charge in [-0.1, -0.05) is 61.4 Å². The topological polar surface area (TPSA) is 117 Å². The molecule has 3 aromatic rings. The number of benzene rings is 2. The zero-order valence-corrected chi connectivity index (χ0v) is 18.2. The molecule has 4 rings (SSSR count). The summed E-state index contributed by atoms with van der Waals surface area (Å²) in [4.78, 5) is 21.2. The van der Waals surface area contributed by atoms with Crippen molar-refractivity contribution < 1.29 is 9.85 Å². The highest BCUT2D eigenvalue weighted by molar-refractivity contribution is 7.98. The molecule has 0 atom stereocenters. The molecule has 0 saturated heterocycles. The second-order valence-corrected chi connectivity index (χ2v) is 8.85. The maximum Gasteiger partial charge on any atom is 0.276 e. The molecule has 0 amide bonds. The van der Waals surface area contributed by atoms with E-state index in [0.29, 0.717) is 28.9 Å². The summed E-state index contributed by atoms with van der Waals surface area (Å²) < 4.78 is 2.13. The minimum atomic E-state index is -0.611. The Balaban J connectivity index is 1.61. The molecular weight excluding hydrogens is 430 g/mol. The van der Waals surface area contributed by atoms with Crippen LogP contribution in [0.4, 0.5) is 11.4 Å². The van der Waals surface area contributed by atoms with Crippen LogP contribution in [0.15, 0.2) is 53.7 Å². The van der Waals surface area contributed by atoms with Crippen molar-refractivity contribution in [2.24, 2.45) is 0 Å². The first-order valence-electron chi connectivity index (χ1n) is 10.5. The number of nitrogens with zero attached hydrogens (tertiary/aromatic N) is 5. The van der Waals surface area contributed by atoms with Crippen molar-refractivity contribution in [3.05, 3.63) is 85.7 Å². The third-order valence-electron chi connectivity index (χ3n) is 5.65. The number of aromatic nitrogens is 3. The SMILES string of the molecule is O=[N+]([O-])c1cc(CSc2nnc(C3CCCCC3)n2Cc2ccccc2)cc([N+](=O)[O-])c1. The van der Waals surface area contributed by atoms with Crippen molar-refractivity contribution in [3.8, 4) is 0 Å². The molecule has 0 bridgehead atoms. The molecule has 10 heteroatoms. The van der Waals surface area contributed by atoms with Gasteiger partial charge in [-0.25, -0.2) is 0 Å². The smallest absolute Gasteiger partial charge is 0.276 e. The lowest BCUT2D eigenvalue weighted by molar-refractivity contribution is -0.394. The fourth-order valence-corrected chi connectivity index (χ4v) is 4.96. The number of hydrogen-bond donors (Lipinski definition) is 0. The molecule has 1 aliphatic rings. The van der Waals surface area contributed by atoms with E-state index in [2.05, 4.69) is 26.9 Å². The normalized spacial score (nSPS) is 14.4. The lowest BCUT2D eigenvalue weighted by Gasteiger charge is -2.22. The average molecular weight is 454 g/mol. The van der Waals surface area contributed by atoms with E-state index in [4.69, 9.17) is 0 Å². The molecule has 1 aliphatic carbocycles. The summed E-state index contributed by atoms with van der Waals surface area (Å²) in [6.07, 6.45) is 5.80. The predicted molar refractivity (Wildman–Crippen MR) is 121 cm³/mol. The van der Waals surface area contributed by atoms with Gasteiger partial charge in [-0.05, 0) is 24.0 Å². The number of rotatable bonds is 8. The van der Waals surface area contributed by atoms with Gasteiger partial charge < -0.3 is 4.57 Å². The Bertz CT molecular complexity index is 1080. The molecule has 0 unspecified atom stereocenters. The first kappa shape index (κ1) is 21.9. The quantitative estimate of drug-likeness (QED) is 0.252. The molecule has 0 N–H and O–H groups in total. The standard InChI is InChI=1S/C22H23N5O4S/c28-26(29)19-11-17(12-20(13-19)27(30)31)15-32-22-24-23-21(18-9-5-2-6-10-18)25(22)14-16-7-3-1-4-8-16/h1,3-4,7-8,11-13,18H,2,5-6,9-10,14-15H2. The van der Waals surface area contributed by atoms with Gasteiger partial charge in [-0.3, -0.25) is 20.2 Å². The van der Waals surface area contributed by atoms with E-state index in [1.54, 1.807) is 0 Å². The minimum Gasteiger partial charge on any atom is -0.301 e. The number of hydrogen-bond acceptors (Lipinski definition) is 7. The van der Waals surface area contributed by atoms with Crippen LogP contribution in [0, 0.1) is 20.2 Å². The highest BCUT2D eigenvalue weighted by atomic mass is 32.2. The summed E-state index contributed by atoms with van der Waals surface area (Å²) in [7, 11) is 0. The summed E-state index contributed by atoms with van der Waals surface area (Å²) >= 11 is 1.39. The van der Waals surface area contributed by atoms with Crippen LogP contribution in [0.5, 0.6) is 0 Å². The van der Waals surface area contributed by atoms with Crippen LogP contribution in [-0.2, 0) is 12.3 Å². The Labute approximate surface area is 189 Å². The van der Waals surface area contributed by atoms with Crippen molar-refractivity contribution in [3.63, 3.8) is 0 Å². The van der Waals surface area contributed by atoms with E-state index in [1.807, 2.05) is 18.2 Å². The van der Waals surface area contributed by atoms with E-state index in [1.165, 1.54) is 43.2 Å². The van der Waals surface area contributed by atoms with Crippen LogP contribution in [-0.4, -0.2) is 24.6 Å². The van der Waals surface area contributed by atoms with Crippen molar-refractivity contribution >= 4 is 23.1 Å². The molecule has 2 aromatic carbocycles. The monoisotopic (exact) mass is 453 g/mol. The van der Waals surface area contributed by atoms with Crippen LogP contribution < -0.4 is 0 Å². The van der Waals surface area contributed by atoms with Gasteiger partial charge in [0.2, 0.25) is 0 Å². The predicted octanol–water partition coefficient (Wildman–Crippen LogP) is 5.48. The van der Waals surface area contributed by atoms with Gasteiger partial charge in [-0.2, -0.15) is 0 Å². The fourth-order valence-electron chi connectivity index (χ4n) is 4.08. The Morgan fingerprint density at radius 3 is 2.19 bits per heavy atom. The van der Waals surface area contributed by atoms with Gasteiger partial charge in [0.25, 0.3) is 11.4 Å². The molecule has 0 aliphatic heterocycles.